The third-order valence-electron chi connectivity index (χ3n) is 3.90. The standard InChI is InChI=1S/C11H22N2O/c1-12(2)8-10-4-6-11(9-14)5-3-7-13(10)11/h10,14H,3-9H2,1-2H3. The number of fused-ring (bicyclic) bond motifs is 1. The molecule has 2 rings (SSSR count). The fourth-order valence-electron chi connectivity index (χ4n) is 3.25. The maximum Gasteiger partial charge on any atom is 0.0615 e. The van der Waals surface area contributed by atoms with Gasteiger partial charge in [-0.05, 0) is 46.3 Å². The number of nitrogens with zero attached hydrogens (tertiary/aromatic N) is 2. The highest BCUT2D eigenvalue weighted by atomic mass is 16.3. The molecule has 2 unspecified atom stereocenters. The lowest BCUT2D eigenvalue weighted by Crippen LogP contribution is -2.47. The predicted octanol–water partition coefficient (Wildman–Crippen LogP) is 0.537. The van der Waals surface area contributed by atoms with E-state index in [0.717, 1.165) is 6.54 Å². The van der Waals surface area contributed by atoms with Crippen molar-refractivity contribution in [2.45, 2.75) is 37.3 Å². The van der Waals surface area contributed by atoms with Gasteiger partial charge in [0, 0.05) is 18.1 Å². The molecule has 0 saturated carbocycles. The Morgan fingerprint density at radius 2 is 2.21 bits per heavy atom. The van der Waals surface area contributed by atoms with E-state index in [1.165, 1.54) is 32.2 Å². The molecule has 82 valence electrons. The van der Waals surface area contributed by atoms with Crippen molar-refractivity contribution in [3.63, 3.8) is 0 Å². The molecule has 2 fully saturated rings. The smallest absolute Gasteiger partial charge is 0.0615 e. The van der Waals surface area contributed by atoms with E-state index in [1.807, 2.05) is 0 Å². The lowest BCUT2D eigenvalue weighted by Gasteiger charge is -2.34. The lowest BCUT2D eigenvalue weighted by atomic mass is 9.95. The van der Waals surface area contributed by atoms with Crippen LogP contribution in [0.5, 0.6) is 0 Å². The van der Waals surface area contributed by atoms with Gasteiger partial charge in [0.2, 0.25) is 0 Å². The summed E-state index contributed by atoms with van der Waals surface area (Å²) in [5.74, 6) is 0. The first-order valence-electron chi connectivity index (χ1n) is 5.70. The summed E-state index contributed by atoms with van der Waals surface area (Å²) < 4.78 is 0. The molecule has 2 aliphatic heterocycles. The summed E-state index contributed by atoms with van der Waals surface area (Å²) in [4.78, 5) is 4.82. The molecule has 2 atom stereocenters. The van der Waals surface area contributed by atoms with Crippen molar-refractivity contribution in [2.24, 2.45) is 0 Å². The molecule has 2 saturated heterocycles. The van der Waals surface area contributed by atoms with Gasteiger partial charge < -0.3 is 10.0 Å². The fourth-order valence-corrected chi connectivity index (χ4v) is 3.25. The zero-order valence-electron chi connectivity index (χ0n) is 9.37. The average molecular weight is 198 g/mol. The van der Waals surface area contributed by atoms with Crippen molar-refractivity contribution >= 4 is 0 Å². The third-order valence-corrected chi connectivity index (χ3v) is 3.90. The highest BCUT2D eigenvalue weighted by Gasteiger charge is 2.48. The Bertz CT molecular complexity index is 207. The summed E-state index contributed by atoms with van der Waals surface area (Å²) in [7, 11) is 4.27. The summed E-state index contributed by atoms with van der Waals surface area (Å²) >= 11 is 0. The van der Waals surface area contributed by atoms with Crippen LogP contribution in [0.3, 0.4) is 0 Å². The molecule has 2 heterocycles. The molecule has 0 amide bonds. The van der Waals surface area contributed by atoms with Gasteiger partial charge in [-0.1, -0.05) is 0 Å². The van der Waals surface area contributed by atoms with Gasteiger partial charge in [0.25, 0.3) is 0 Å². The summed E-state index contributed by atoms with van der Waals surface area (Å²) in [5.41, 5.74) is 0.167. The van der Waals surface area contributed by atoms with Crippen LogP contribution in [0.2, 0.25) is 0 Å². The second-order valence-corrected chi connectivity index (χ2v) is 5.13. The summed E-state index contributed by atoms with van der Waals surface area (Å²) in [5, 5.41) is 9.52. The monoisotopic (exact) mass is 198 g/mol. The van der Waals surface area contributed by atoms with Crippen molar-refractivity contribution in [2.75, 3.05) is 33.8 Å². The van der Waals surface area contributed by atoms with Gasteiger partial charge in [0.05, 0.1) is 6.61 Å². The van der Waals surface area contributed by atoms with Gasteiger partial charge >= 0.3 is 0 Å². The Hall–Kier alpha value is -0.120. The molecular formula is C11H22N2O. The lowest BCUT2D eigenvalue weighted by molar-refractivity contribution is 0.0705. The van der Waals surface area contributed by atoms with E-state index in [9.17, 15) is 5.11 Å². The van der Waals surface area contributed by atoms with Crippen LogP contribution in [-0.2, 0) is 0 Å². The van der Waals surface area contributed by atoms with Gasteiger partial charge in [-0.15, -0.1) is 0 Å². The van der Waals surface area contributed by atoms with Crippen LogP contribution in [0.15, 0.2) is 0 Å². The van der Waals surface area contributed by atoms with E-state index in [4.69, 9.17) is 0 Å². The van der Waals surface area contributed by atoms with Crippen molar-refractivity contribution in [1.82, 2.24) is 9.80 Å². The molecule has 0 aromatic rings. The Morgan fingerprint density at radius 1 is 1.43 bits per heavy atom. The predicted molar refractivity (Wildman–Crippen MR) is 57.3 cm³/mol. The van der Waals surface area contributed by atoms with Gasteiger partial charge in [0.1, 0.15) is 0 Å². The maximum atomic E-state index is 9.52. The highest BCUT2D eigenvalue weighted by Crippen LogP contribution is 2.41. The van der Waals surface area contributed by atoms with Crippen molar-refractivity contribution < 1.29 is 5.11 Å². The van der Waals surface area contributed by atoms with Crippen LogP contribution < -0.4 is 0 Å². The number of hydrogen-bond acceptors (Lipinski definition) is 3. The Kier molecular flexibility index (Phi) is 2.82. The van der Waals surface area contributed by atoms with Crippen molar-refractivity contribution in [3.05, 3.63) is 0 Å². The van der Waals surface area contributed by atoms with E-state index < -0.39 is 0 Å². The summed E-state index contributed by atoms with van der Waals surface area (Å²) in [6.45, 7) is 2.69. The fraction of sp³-hybridized carbons (Fsp3) is 1.00. The molecule has 0 radical (unpaired) electrons. The molecule has 3 heteroatoms. The second-order valence-electron chi connectivity index (χ2n) is 5.13. The number of likely N-dealkylation sites (N-methyl/N-ethyl adjacent to an activating group) is 1. The van der Waals surface area contributed by atoms with Crippen molar-refractivity contribution in [3.8, 4) is 0 Å². The van der Waals surface area contributed by atoms with Crippen LogP contribution in [0, 0.1) is 0 Å². The van der Waals surface area contributed by atoms with E-state index in [2.05, 4.69) is 23.9 Å². The summed E-state index contributed by atoms with van der Waals surface area (Å²) in [6, 6.07) is 0.680. The molecule has 0 aliphatic carbocycles. The zero-order chi connectivity index (χ0) is 10.2. The van der Waals surface area contributed by atoms with Crippen LogP contribution in [0.4, 0.5) is 0 Å². The topological polar surface area (TPSA) is 26.7 Å². The molecule has 0 aromatic heterocycles. The SMILES string of the molecule is CN(C)CC1CCC2(CO)CCCN12. The normalized spacial score (nSPS) is 38.1. The Balaban J connectivity index is 2.04. The first kappa shape index (κ1) is 10.4. The van der Waals surface area contributed by atoms with E-state index in [1.54, 1.807) is 0 Å². The number of aliphatic hydroxyl groups is 1. The van der Waals surface area contributed by atoms with Gasteiger partial charge in [-0.3, -0.25) is 4.90 Å². The van der Waals surface area contributed by atoms with Gasteiger partial charge in [0.15, 0.2) is 0 Å². The largest absolute Gasteiger partial charge is 0.394 e. The quantitative estimate of drug-likeness (QED) is 0.717. The van der Waals surface area contributed by atoms with Crippen LogP contribution >= 0.6 is 0 Å². The molecule has 3 nitrogen and oxygen atoms in total. The average Bonchev–Trinajstić information content (AvgIpc) is 2.66. The van der Waals surface area contributed by atoms with Crippen LogP contribution in [0.25, 0.3) is 0 Å². The number of hydrogen-bond donors (Lipinski definition) is 1. The van der Waals surface area contributed by atoms with E-state index in [-0.39, 0.29) is 5.54 Å². The van der Waals surface area contributed by atoms with Gasteiger partial charge in [-0.25, -0.2) is 0 Å². The van der Waals surface area contributed by atoms with Crippen LogP contribution in [0.1, 0.15) is 25.7 Å². The molecule has 14 heavy (non-hydrogen) atoms. The Morgan fingerprint density at radius 3 is 2.86 bits per heavy atom. The van der Waals surface area contributed by atoms with E-state index in [0.29, 0.717) is 12.6 Å². The zero-order valence-corrected chi connectivity index (χ0v) is 9.37. The minimum Gasteiger partial charge on any atom is -0.394 e. The van der Waals surface area contributed by atoms with Crippen LogP contribution in [-0.4, -0.2) is 60.3 Å². The molecule has 1 N–H and O–H groups in total. The molecule has 0 bridgehead atoms. The molecule has 2 aliphatic rings. The highest BCUT2D eigenvalue weighted by molar-refractivity contribution is 5.04. The van der Waals surface area contributed by atoms with Crippen molar-refractivity contribution in [1.29, 1.82) is 0 Å². The second kappa shape index (κ2) is 3.80. The number of rotatable bonds is 3. The maximum absolute atomic E-state index is 9.52. The number of aliphatic hydroxyl groups excluding tert-OH is 1. The molecule has 0 aromatic carbocycles. The minimum atomic E-state index is 0.167. The Labute approximate surface area is 86.7 Å². The molecular weight excluding hydrogens is 176 g/mol. The minimum absolute atomic E-state index is 0.167. The summed E-state index contributed by atoms with van der Waals surface area (Å²) in [6.07, 6.45) is 4.93. The molecule has 0 spiro atoms. The first-order chi connectivity index (χ1) is 6.68. The van der Waals surface area contributed by atoms with Gasteiger partial charge in [-0.2, -0.15) is 0 Å². The first-order valence-corrected chi connectivity index (χ1v) is 5.70. The van der Waals surface area contributed by atoms with E-state index >= 15 is 0 Å². The third kappa shape index (κ3) is 1.58.